The van der Waals surface area contributed by atoms with Crippen molar-refractivity contribution in [2.45, 2.75) is 19.0 Å². The van der Waals surface area contributed by atoms with Crippen LogP contribution in [-0.2, 0) is 0 Å². The number of imidazole rings is 1. The number of nitriles is 1. The van der Waals surface area contributed by atoms with E-state index in [4.69, 9.17) is 5.26 Å². The molecule has 1 aromatic heterocycles. The van der Waals surface area contributed by atoms with Crippen LogP contribution in [0.25, 0.3) is 17.0 Å². The van der Waals surface area contributed by atoms with Gasteiger partial charge >= 0.3 is 0 Å². The van der Waals surface area contributed by atoms with Gasteiger partial charge in [0.1, 0.15) is 0 Å². The monoisotopic (exact) mass is 281 g/mol. The number of allylic oxidation sites excluding steroid dienone is 4. The van der Waals surface area contributed by atoms with Crippen LogP contribution < -0.4 is 0 Å². The van der Waals surface area contributed by atoms with Crippen molar-refractivity contribution in [3.63, 3.8) is 0 Å². The molecule has 1 aromatic carbocycles. The second kappa shape index (κ2) is 6.27. The average Bonchev–Trinajstić information content (AvgIpc) is 2.87. The van der Waals surface area contributed by atoms with Gasteiger partial charge in [-0.05, 0) is 32.1 Å². The number of nitrogens with zero attached hydrogens (tertiary/aromatic N) is 3. The Morgan fingerprint density at radius 3 is 2.55 bits per heavy atom. The average molecular weight is 281 g/mol. The molecule has 2 rings (SSSR count). The Morgan fingerprint density at radius 1 is 1.30 bits per heavy atom. The third kappa shape index (κ3) is 2.84. The molecule has 0 atom stereocenters. The summed E-state index contributed by atoms with van der Waals surface area (Å²) >= 11 is 4.42. The van der Waals surface area contributed by atoms with Crippen molar-refractivity contribution < 1.29 is 0 Å². The van der Waals surface area contributed by atoms with Gasteiger partial charge in [-0.15, -0.1) is 12.6 Å². The maximum absolute atomic E-state index is 8.81. The van der Waals surface area contributed by atoms with Crippen molar-refractivity contribution in [2.75, 3.05) is 0 Å². The van der Waals surface area contributed by atoms with Crippen molar-refractivity contribution >= 4 is 18.3 Å². The van der Waals surface area contributed by atoms with Crippen LogP contribution in [-0.4, -0.2) is 9.55 Å². The summed E-state index contributed by atoms with van der Waals surface area (Å²) in [4.78, 5) is 4.46. The number of thiol groups is 1. The van der Waals surface area contributed by atoms with E-state index in [9.17, 15) is 0 Å². The number of hydrogen-bond acceptors (Lipinski definition) is 3. The first-order valence-electron chi connectivity index (χ1n) is 6.28. The van der Waals surface area contributed by atoms with Crippen LogP contribution in [0.4, 0.5) is 0 Å². The van der Waals surface area contributed by atoms with Gasteiger partial charge in [0.2, 0.25) is 0 Å². The third-order valence-corrected chi connectivity index (χ3v) is 3.22. The van der Waals surface area contributed by atoms with Gasteiger partial charge in [0.05, 0.1) is 17.3 Å². The fraction of sp³-hybridized carbons (Fsp3) is 0.125. The summed E-state index contributed by atoms with van der Waals surface area (Å²) in [5, 5.41) is 9.45. The van der Waals surface area contributed by atoms with Gasteiger partial charge in [-0.2, -0.15) is 5.26 Å². The summed E-state index contributed by atoms with van der Waals surface area (Å²) in [5.41, 5.74) is 3.46. The lowest BCUT2D eigenvalue weighted by molar-refractivity contribution is 0.927. The van der Waals surface area contributed by atoms with E-state index in [1.165, 1.54) is 0 Å². The van der Waals surface area contributed by atoms with E-state index in [2.05, 4.69) is 23.7 Å². The van der Waals surface area contributed by atoms with Gasteiger partial charge in [-0.25, -0.2) is 4.98 Å². The summed E-state index contributed by atoms with van der Waals surface area (Å²) in [6.07, 6.45) is 7.93. The fourth-order valence-electron chi connectivity index (χ4n) is 1.90. The molecule has 20 heavy (non-hydrogen) atoms. The van der Waals surface area contributed by atoms with E-state index in [-0.39, 0.29) is 0 Å². The molecular weight excluding hydrogens is 266 g/mol. The predicted octanol–water partition coefficient (Wildman–Crippen LogP) is 4.15. The van der Waals surface area contributed by atoms with Crippen molar-refractivity contribution in [1.82, 2.24) is 9.55 Å². The van der Waals surface area contributed by atoms with Crippen LogP contribution in [0.2, 0.25) is 0 Å². The summed E-state index contributed by atoms with van der Waals surface area (Å²) < 4.78 is 1.93. The zero-order valence-electron chi connectivity index (χ0n) is 11.4. The molecule has 0 N–H and O–H groups in total. The number of rotatable bonds is 3. The molecule has 0 aliphatic heterocycles. The molecule has 4 heteroatoms. The van der Waals surface area contributed by atoms with Crippen molar-refractivity contribution in [2.24, 2.45) is 0 Å². The molecule has 1 heterocycles. The molecule has 0 saturated heterocycles. The first kappa shape index (κ1) is 14.2. The summed E-state index contributed by atoms with van der Waals surface area (Å²) in [6.45, 7) is 3.95. The van der Waals surface area contributed by atoms with E-state index < -0.39 is 0 Å². The van der Waals surface area contributed by atoms with E-state index in [1.54, 1.807) is 12.1 Å². The first-order valence-corrected chi connectivity index (χ1v) is 6.72. The Labute approximate surface area is 124 Å². The summed E-state index contributed by atoms with van der Waals surface area (Å²) in [5.74, 6) is 0. The van der Waals surface area contributed by atoms with Gasteiger partial charge in [0.15, 0.2) is 5.16 Å². The van der Waals surface area contributed by atoms with E-state index >= 15 is 0 Å². The van der Waals surface area contributed by atoms with Crippen LogP contribution in [0.3, 0.4) is 0 Å². The van der Waals surface area contributed by atoms with Crippen molar-refractivity contribution in [3.8, 4) is 17.3 Å². The van der Waals surface area contributed by atoms with Gasteiger partial charge in [-0.3, -0.25) is 4.57 Å². The summed E-state index contributed by atoms with van der Waals surface area (Å²) in [7, 11) is 0. The highest BCUT2D eigenvalue weighted by Gasteiger charge is 2.08. The highest BCUT2D eigenvalue weighted by atomic mass is 32.1. The fourth-order valence-corrected chi connectivity index (χ4v) is 2.18. The molecule has 0 unspecified atom stereocenters. The highest BCUT2D eigenvalue weighted by Crippen LogP contribution is 2.23. The second-order valence-electron chi connectivity index (χ2n) is 4.20. The van der Waals surface area contributed by atoms with Crippen molar-refractivity contribution in [1.29, 1.82) is 5.26 Å². The molecule has 0 radical (unpaired) electrons. The minimum absolute atomic E-state index is 0.635. The zero-order valence-corrected chi connectivity index (χ0v) is 12.3. The SMILES string of the molecule is C/C=C\C(=C/C)n1cc(-c2ccc(C#N)cc2)nc1S. The Balaban J connectivity index is 2.42. The Hall–Kier alpha value is -2.25. The number of hydrogen-bond donors (Lipinski definition) is 1. The molecule has 0 amide bonds. The normalized spacial score (nSPS) is 11.8. The quantitative estimate of drug-likeness (QED) is 0.678. The number of benzene rings is 1. The molecule has 0 aliphatic rings. The Bertz CT molecular complexity index is 700. The Morgan fingerprint density at radius 2 is 2.00 bits per heavy atom. The molecule has 100 valence electrons. The zero-order chi connectivity index (χ0) is 14.5. The number of aromatic nitrogens is 2. The molecular formula is C16H15N3S. The van der Waals surface area contributed by atoms with Crippen LogP contribution in [0.15, 0.2) is 53.8 Å². The lowest BCUT2D eigenvalue weighted by Gasteiger charge is -2.03. The minimum atomic E-state index is 0.635. The molecule has 0 fully saturated rings. The van der Waals surface area contributed by atoms with Crippen LogP contribution in [0, 0.1) is 11.3 Å². The third-order valence-electron chi connectivity index (χ3n) is 2.91. The largest absolute Gasteiger partial charge is 0.295 e. The second-order valence-corrected chi connectivity index (χ2v) is 4.60. The topological polar surface area (TPSA) is 41.6 Å². The standard InChI is InChI=1S/C16H15N3S/c1-3-5-14(4-2)19-11-15(18-16(19)20)13-8-6-12(10-17)7-9-13/h3-9,11H,1-2H3,(H,18,20)/b5-3-,14-4+. The van der Waals surface area contributed by atoms with Gasteiger partial charge in [0, 0.05) is 17.5 Å². The smallest absolute Gasteiger partial charge is 0.170 e. The lowest BCUT2D eigenvalue weighted by atomic mass is 10.1. The van der Waals surface area contributed by atoms with E-state index in [1.807, 2.05) is 55.0 Å². The van der Waals surface area contributed by atoms with Gasteiger partial charge in [0.25, 0.3) is 0 Å². The Kier molecular flexibility index (Phi) is 4.44. The first-order chi connectivity index (χ1) is 9.69. The molecule has 0 aliphatic carbocycles. The summed E-state index contributed by atoms with van der Waals surface area (Å²) in [6, 6.07) is 9.47. The van der Waals surface area contributed by atoms with E-state index in [0.29, 0.717) is 10.7 Å². The molecule has 0 spiro atoms. The molecule has 0 bridgehead atoms. The minimum Gasteiger partial charge on any atom is -0.295 e. The molecule has 3 nitrogen and oxygen atoms in total. The highest BCUT2D eigenvalue weighted by molar-refractivity contribution is 7.80. The van der Waals surface area contributed by atoms with Crippen LogP contribution in [0.1, 0.15) is 19.4 Å². The van der Waals surface area contributed by atoms with Gasteiger partial charge in [-0.1, -0.05) is 24.3 Å². The van der Waals surface area contributed by atoms with Gasteiger partial charge < -0.3 is 0 Å². The maximum atomic E-state index is 8.81. The van der Waals surface area contributed by atoms with E-state index in [0.717, 1.165) is 17.0 Å². The van der Waals surface area contributed by atoms with Crippen molar-refractivity contribution in [3.05, 3.63) is 54.3 Å². The van der Waals surface area contributed by atoms with Crippen LogP contribution >= 0.6 is 12.6 Å². The van der Waals surface area contributed by atoms with Crippen LogP contribution in [0.5, 0.6) is 0 Å². The maximum Gasteiger partial charge on any atom is 0.170 e. The predicted molar refractivity (Wildman–Crippen MR) is 84.4 cm³/mol. The molecule has 0 saturated carbocycles. The lowest BCUT2D eigenvalue weighted by Crippen LogP contribution is -1.92. The molecule has 2 aromatic rings.